The van der Waals surface area contributed by atoms with E-state index in [9.17, 15) is 0 Å². The van der Waals surface area contributed by atoms with Crippen LogP contribution in [-0.2, 0) is 0 Å². The van der Waals surface area contributed by atoms with Crippen LogP contribution in [0.1, 0.15) is 369 Å². The predicted molar refractivity (Wildman–Crippen MR) is 692 cm³/mol. The Bertz CT molecular complexity index is 3350. The second-order valence-corrected chi connectivity index (χ2v) is 147. The molecular weight excluding hydrogens is 1880 g/mol. The Morgan fingerprint density at radius 2 is 0.399 bits per heavy atom. The second kappa shape index (κ2) is 50.7. The van der Waals surface area contributed by atoms with Gasteiger partial charge in [-0.1, -0.05) is 645 Å². The van der Waals surface area contributed by atoms with Gasteiger partial charge < -0.3 is 0 Å². The van der Waals surface area contributed by atoms with E-state index in [1.165, 1.54) is 154 Å². The molecule has 0 radical (unpaired) electrons. The summed E-state index contributed by atoms with van der Waals surface area (Å²) in [6.45, 7) is 150. The standard InChI is InChI=1S/C14H32Si2.2C13H28Si.2C12H26Si.2C11H26Si2.2C10H22Si.2C9H20Si/c1-9-14(13(2,3)4)10-15(5,6)12-16(7,8)11-14;1-7-13(12(2,3)4)8-10-14(5,6)11-9-13;1-7-13(12(2,3)4)9-8-10-14(5,6)11-13;1-11(2,3)12(4)7-9-13(5,6)10-8-12;1-11(2,3)12(4)8-7-9-13(5,6)10-12;2*1-7-11(2)8-12(3,4)10-13(5,6)9-11;1-5-10(2)6-8-11(3,4)9-7-10;1-5-10(2)7-6-8-11(3,4)9-10;1-9(2)5-7-10(3,4)8-6-9;1-9(2)6-5-7-10(3,4)8-9/h9-12H2,1-8H3;2*7-11H2,1-6H3;4*7-10H2,1-6H3;2*5-9H2,1-4H3;2*5-8H2,1-4H3. The third-order valence-corrected chi connectivity index (χ3v) is 103. The van der Waals surface area contributed by atoms with Gasteiger partial charge in [-0.15, -0.1) is 0 Å². The highest BCUT2D eigenvalue weighted by Gasteiger charge is 2.56. The molecule has 11 aliphatic rings. The Kier molecular flexibility index (Phi) is 51.1. The maximum atomic E-state index is 2.64. The normalized spacial score (nSPS) is 30.3. The summed E-state index contributed by atoms with van der Waals surface area (Å²) in [5.74, 6) is 0. The van der Waals surface area contributed by atoms with Crippen molar-refractivity contribution in [3.05, 3.63) is 0 Å². The molecular formula is C124H276Si14. The maximum absolute atomic E-state index is 2.64. The Hall–Kier alpha value is 3.04. The predicted octanol–water partition coefficient (Wildman–Crippen LogP) is 47.9. The van der Waals surface area contributed by atoms with Crippen LogP contribution in [-0.4, -0.2) is 113 Å². The van der Waals surface area contributed by atoms with Crippen molar-refractivity contribution < 1.29 is 0 Å². The first-order chi connectivity index (χ1) is 60.9. The van der Waals surface area contributed by atoms with Crippen molar-refractivity contribution in [3.8, 4) is 0 Å². The molecule has 0 spiro atoms. The lowest BCUT2D eigenvalue weighted by Crippen LogP contribution is -2.55. The number of rotatable bonds is 7. The van der Waals surface area contributed by atoms with Gasteiger partial charge in [0, 0.05) is 113 Å². The van der Waals surface area contributed by atoms with Crippen LogP contribution in [0.5, 0.6) is 0 Å². The van der Waals surface area contributed by atoms with E-state index in [2.05, 4.69) is 405 Å². The molecule has 11 aliphatic heterocycles. The Balaban J connectivity index is 0.000000761. The molecule has 3 atom stereocenters. The summed E-state index contributed by atoms with van der Waals surface area (Å²) >= 11 is 0. The van der Waals surface area contributed by atoms with Gasteiger partial charge in [-0.05, 0) is 144 Å². The molecule has 11 rings (SSSR count). The minimum atomic E-state index is -0.930. The van der Waals surface area contributed by atoms with Crippen LogP contribution < -0.4 is 0 Å². The average Bonchev–Trinajstić information content (AvgIpc) is 0.741. The third kappa shape index (κ3) is 48.0. The molecule has 0 N–H and O–H groups in total. The molecule has 0 saturated carbocycles. The zero-order chi connectivity index (χ0) is 109. The van der Waals surface area contributed by atoms with Gasteiger partial charge in [0.25, 0.3) is 0 Å². The smallest absolute Gasteiger partial charge is 0.0479 e. The summed E-state index contributed by atoms with van der Waals surface area (Å²) < 4.78 is 0. The fourth-order valence-electron chi connectivity index (χ4n) is 32.9. The largest absolute Gasteiger partial charge is 0.0695 e. The SMILES string of the molecule is CC(C)(C)C1(C)CCC[Si](C)(C)C1.CC(C)(C)C1(C)CC[Si](C)(C)CC1.CC1(C)CCC[Si](C)(C)C1.CC1(C)CC[Si](C)(C)CC1.CCC1(C(C)(C)C)CCC[Si](C)(C)C1.CCC1(C(C)(C)C)CC[Si](C)(C)CC1.CCC1(C(C)(C)C)C[Si](C)(C)C[Si](C)(C)C1.CCC1(C)CCC[Si](C)(C)C1.CCC1(C)CC[Si](C)(C)CC1.CCC1(C)C[Si](C)(C)C[Si](C)(C)C1.CCC1(C)C[Si](C)(C)C[Si](C)(C)C1. The molecule has 0 nitrogen and oxygen atoms in total. The van der Waals surface area contributed by atoms with Crippen molar-refractivity contribution in [2.45, 2.75) is 703 Å². The molecule has 0 amide bonds. The van der Waals surface area contributed by atoms with E-state index < -0.39 is 113 Å². The van der Waals surface area contributed by atoms with E-state index in [1.54, 1.807) is 144 Å². The molecule has 0 bridgehead atoms. The molecule has 0 aromatic heterocycles. The fraction of sp³-hybridized carbons (Fsp3) is 1.00. The monoisotopic (exact) mass is 2160 g/mol. The zero-order valence-corrected chi connectivity index (χ0v) is 123. The second-order valence-electron chi connectivity index (χ2n) is 72.3. The van der Waals surface area contributed by atoms with Gasteiger partial charge in [-0.3, -0.25) is 0 Å². The molecule has 828 valence electrons. The van der Waals surface area contributed by atoms with Crippen molar-refractivity contribution in [2.75, 3.05) is 0 Å². The molecule has 138 heavy (non-hydrogen) atoms. The molecule has 3 unspecified atom stereocenters. The first kappa shape index (κ1) is 139. The third-order valence-electron chi connectivity index (χ3n) is 43.0. The lowest BCUT2D eigenvalue weighted by Gasteiger charge is -2.56. The van der Waals surface area contributed by atoms with E-state index in [4.69, 9.17) is 0 Å². The summed E-state index contributed by atoms with van der Waals surface area (Å²) in [6, 6.07) is 34.3. The van der Waals surface area contributed by atoms with Crippen molar-refractivity contribution >= 4 is 113 Å². The van der Waals surface area contributed by atoms with Crippen molar-refractivity contribution in [3.63, 3.8) is 0 Å². The summed E-state index contributed by atoms with van der Waals surface area (Å²) in [5, 5.41) is 0. The van der Waals surface area contributed by atoms with Gasteiger partial charge >= 0.3 is 0 Å². The minimum Gasteiger partial charge on any atom is -0.0695 e. The van der Waals surface area contributed by atoms with Crippen LogP contribution in [0.4, 0.5) is 0 Å². The molecule has 0 aromatic rings. The fourth-order valence-corrected chi connectivity index (χ4v) is 111. The van der Waals surface area contributed by atoms with Crippen LogP contribution in [0, 0.1) is 86.6 Å². The highest BCUT2D eigenvalue weighted by Crippen LogP contribution is 2.62. The van der Waals surface area contributed by atoms with E-state index >= 15 is 0 Å². The van der Waals surface area contributed by atoms with E-state index in [-0.39, 0.29) is 0 Å². The van der Waals surface area contributed by atoms with Crippen molar-refractivity contribution in [2.24, 2.45) is 86.6 Å². The topological polar surface area (TPSA) is 0 Å². The Labute approximate surface area is 894 Å². The van der Waals surface area contributed by atoms with Gasteiger partial charge in [0.05, 0.1) is 0 Å². The average molecular weight is 2160 g/mol. The summed E-state index contributed by atoms with van der Waals surface area (Å²) in [4.78, 5) is 0. The lowest BCUT2D eigenvalue weighted by atomic mass is 9.61. The Morgan fingerprint density at radius 3 is 0.623 bits per heavy atom. The quantitative estimate of drug-likeness (QED) is 0.223. The van der Waals surface area contributed by atoms with Gasteiger partial charge in [0.15, 0.2) is 0 Å². The first-order valence-electron chi connectivity index (χ1n) is 60.9. The summed E-state index contributed by atoms with van der Waals surface area (Å²) in [5.41, 5.74) is 14.8. The van der Waals surface area contributed by atoms with Crippen molar-refractivity contribution in [1.29, 1.82) is 0 Å². The maximum Gasteiger partial charge on any atom is 0.0479 e. The lowest BCUT2D eigenvalue weighted by molar-refractivity contribution is 0.0631. The molecule has 11 fully saturated rings. The van der Waals surface area contributed by atoms with Crippen LogP contribution in [0.25, 0.3) is 0 Å². The minimum absolute atomic E-state index is 0.497. The van der Waals surface area contributed by atoms with Crippen LogP contribution in [0.15, 0.2) is 0 Å². The molecule has 11 heterocycles. The molecule has 14 heteroatoms. The van der Waals surface area contributed by atoms with E-state index in [0.29, 0.717) is 86.6 Å². The highest BCUT2D eigenvalue weighted by molar-refractivity contribution is 6.98. The Morgan fingerprint density at radius 1 is 0.159 bits per heavy atom. The summed E-state index contributed by atoms with van der Waals surface area (Å²) in [7, 11) is -11.2. The first-order valence-corrected chi connectivity index (χ1v) is 109. The van der Waals surface area contributed by atoms with Crippen molar-refractivity contribution in [1.82, 2.24) is 0 Å². The molecule has 11 saturated heterocycles. The van der Waals surface area contributed by atoms with E-state index in [0.717, 1.165) is 0 Å². The summed E-state index contributed by atoms with van der Waals surface area (Å²) in [6.07, 6.45) is 33.5. The van der Waals surface area contributed by atoms with Crippen LogP contribution in [0.3, 0.4) is 0 Å². The zero-order valence-electron chi connectivity index (χ0n) is 109. The van der Waals surface area contributed by atoms with Gasteiger partial charge in [-0.2, -0.15) is 0 Å². The van der Waals surface area contributed by atoms with Crippen LogP contribution in [0.2, 0.25) is 333 Å². The van der Waals surface area contributed by atoms with Crippen LogP contribution >= 0.6 is 0 Å². The van der Waals surface area contributed by atoms with Gasteiger partial charge in [0.2, 0.25) is 0 Å². The van der Waals surface area contributed by atoms with Gasteiger partial charge in [0.1, 0.15) is 0 Å². The number of hydrogen-bond acceptors (Lipinski definition) is 0. The van der Waals surface area contributed by atoms with E-state index in [1.807, 2.05) is 0 Å². The highest BCUT2D eigenvalue weighted by atomic mass is 28.4. The molecule has 0 aliphatic carbocycles. The molecule has 0 aromatic carbocycles. The van der Waals surface area contributed by atoms with Gasteiger partial charge in [-0.25, -0.2) is 0 Å². The number of hydrogen-bond donors (Lipinski definition) is 0.